The highest BCUT2D eigenvalue weighted by Crippen LogP contribution is 2.10. The van der Waals surface area contributed by atoms with Gasteiger partial charge in [0.2, 0.25) is 0 Å². The van der Waals surface area contributed by atoms with Gasteiger partial charge in [-0.25, -0.2) is 0 Å². The number of hydrogen-bond donors (Lipinski definition) is 1. The molecule has 0 aliphatic carbocycles. The van der Waals surface area contributed by atoms with Crippen LogP contribution in [-0.2, 0) is 0 Å². The molecule has 0 radical (unpaired) electrons. The normalized spacial score (nSPS) is 13.2. The first-order valence-electron chi connectivity index (χ1n) is 6.20. The van der Waals surface area contributed by atoms with E-state index in [4.69, 9.17) is 0 Å². The molecule has 0 rings (SSSR count). The number of nitrogens with one attached hydrogen (secondary N) is 1. The smallest absolute Gasteiger partial charge is 0.0112 e. The lowest BCUT2D eigenvalue weighted by Gasteiger charge is -2.31. The molecule has 1 N–H and O–H groups in total. The molecule has 0 fully saturated rings. The predicted molar refractivity (Wildman–Crippen MR) is 69.3 cm³/mol. The van der Waals surface area contributed by atoms with E-state index >= 15 is 0 Å². The molecule has 0 saturated carbocycles. The van der Waals surface area contributed by atoms with E-state index < -0.39 is 0 Å². The quantitative estimate of drug-likeness (QED) is 0.684. The van der Waals surface area contributed by atoms with Crippen LogP contribution in [0, 0.1) is 5.41 Å². The van der Waals surface area contributed by atoms with Crippen molar-refractivity contribution in [1.82, 2.24) is 10.2 Å². The largest absolute Gasteiger partial charge is 0.315 e. The van der Waals surface area contributed by atoms with Crippen molar-refractivity contribution in [1.29, 1.82) is 0 Å². The molecule has 0 aliphatic heterocycles. The van der Waals surface area contributed by atoms with Crippen LogP contribution in [0.5, 0.6) is 0 Å². The van der Waals surface area contributed by atoms with Crippen molar-refractivity contribution in [2.75, 3.05) is 19.6 Å². The summed E-state index contributed by atoms with van der Waals surface area (Å²) in [5.74, 6) is 0. The van der Waals surface area contributed by atoms with E-state index in [-0.39, 0.29) is 0 Å². The molecular formula is C13H30N2. The molecular weight excluding hydrogens is 184 g/mol. The monoisotopic (exact) mass is 214 g/mol. The van der Waals surface area contributed by atoms with Crippen molar-refractivity contribution in [2.45, 2.75) is 60.5 Å². The van der Waals surface area contributed by atoms with Crippen molar-refractivity contribution in [3.8, 4) is 0 Å². The van der Waals surface area contributed by atoms with Gasteiger partial charge in [-0.05, 0) is 33.1 Å². The van der Waals surface area contributed by atoms with Gasteiger partial charge in [0.1, 0.15) is 0 Å². The van der Waals surface area contributed by atoms with Gasteiger partial charge in [0.05, 0.1) is 0 Å². The average molecular weight is 214 g/mol. The van der Waals surface area contributed by atoms with E-state index in [1.165, 1.54) is 0 Å². The third-order valence-electron chi connectivity index (χ3n) is 2.53. The fourth-order valence-corrected chi connectivity index (χ4v) is 1.78. The molecule has 92 valence electrons. The highest BCUT2D eigenvalue weighted by atomic mass is 15.2. The SMILES string of the molecule is CC(C)N(CCNCC(C)(C)C)C(C)C. The molecule has 0 unspecified atom stereocenters. The van der Waals surface area contributed by atoms with Gasteiger partial charge in [0.15, 0.2) is 0 Å². The lowest BCUT2D eigenvalue weighted by Crippen LogP contribution is -2.42. The van der Waals surface area contributed by atoms with Gasteiger partial charge in [0, 0.05) is 31.7 Å². The van der Waals surface area contributed by atoms with Crippen LogP contribution in [0.3, 0.4) is 0 Å². The first-order valence-corrected chi connectivity index (χ1v) is 6.20. The van der Waals surface area contributed by atoms with Crippen molar-refractivity contribution in [3.05, 3.63) is 0 Å². The maximum Gasteiger partial charge on any atom is 0.0112 e. The second-order valence-electron chi connectivity index (χ2n) is 6.16. The van der Waals surface area contributed by atoms with Crippen LogP contribution >= 0.6 is 0 Å². The van der Waals surface area contributed by atoms with E-state index in [2.05, 4.69) is 58.7 Å². The lowest BCUT2D eigenvalue weighted by atomic mass is 9.97. The zero-order chi connectivity index (χ0) is 12.1. The van der Waals surface area contributed by atoms with Crippen molar-refractivity contribution in [2.24, 2.45) is 5.41 Å². The summed E-state index contributed by atoms with van der Waals surface area (Å²) in [6.45, 7) is 19.2. The Bertz CT molecular complexity index is 148. The van der Waals surface area contributed by atoms with E-state index in [0.29, 0.717) is 17.5 Å². The highest BCUT2D eigenvalue weighted by molar-refractivity contribution is 4.70. The van der Waals surface area contributed by atoms with E-state index in [0.717, 1.165) is 19.6 Å². The Morgan fingerprint density at radius 1 is 1.00 bits per heavy atom. The zero-order valence-corrected chi connectivity index (χ0v) is 11.7. The summed E-state index contributed by atoms with van der Waals surface area (Å²) in [6.07, 6.45) is 0. The summed E-state index contributed by atoms with van der Waals surface area (Å²) in [6, 6.07) is 1.28. The Hall–Kier alpha value is -0.0800. The summed E-state index contributed by atoms with van der Waals surface area (Å²) in [5, 5.41) is 3.52. The predicted octanol–water partition coefficient (Wildman–Crippen LogP) is 2.74. The molecule has 0 atom stereocenters. The Morgan fingerprint density at radius 3 is 1.80 bits per heavy atom. The van der Waals surface area contributed by atoms with Gasteiger partial charge in [-0.3, -0.25) is 4.90 Å². The third-order valence-corrected chi connectivity index (χ3v) is 2.53. The van der Waals surface area contributed by atoms with E-state index in [1.54, 1.807) is 0 Å². The minimum absolute atomic E-state index is 0.389. The topological polar surface area (TPSA) is 15.3 Å². The van der Waals surface area contributed by atoms with E-state index in [1.807, 2.05) is 0 Å². The molecule has 0 heterocycles. The van der Waals surface area contributed by atoms with Gasteiger partial charge in [-0.15, -0.1) is 0 Å². The molecule has 0 aromatic heterocycles. The molecule has 15 heavy (non-hydrogen) atoms. The second-order valence-corrected chi connectivity index (χ2v) is 6.16. The highest BCUT2D eigenvalue weighted by Gasteiger charge is 2.13. The van der Waals surface area contributed by atoms with Crippen molar-refractivity contribution in [3.63, 3.8) is 0 Å². The molecule has 0 spiro atoms. The summed E-state index contributed by atoms with van der Waals surface area (Å²) in [5.41, 5.74) is 0.389. The molecule has 2 nitrogen and oxygen atoms in total. The molecule has 0 saturated heterocycles. The summed E-state index contributed by atoms with van der Waals surface area (Å²) in [7, 11) is 0. The minimum atomic E-state index is 0.389. The third kappa shape index (κ3) is 7.80. The van der Waals surface area contributed by atoms with Gasteiger partial charge >= 0.3 is 0 Å². The van der Waals surface area contributed by atoms with Gasteiger partial charge in [-0.2, -0.15) is 0 Å². The van der Waals surface area contributed by atoms with Crippen LogP contribution in [0.1, 0.15) is 48.5 Å². The summed E-state index contributed by atoms with van der Waals surface area (Å²) in [4.78, 5) is 2.52. The number of rotatable bonds is 6. The van der Waals surface area contributed by atoms with Crippen molar-refractivity contribution < 1.29 is 0 Å². The van der Waals surface area contributed by atoms with Gasteiger partial charge in [0.25, 0.3) is 0 Å². The molecule has 2 heteroatoms. The lowest BCUT2D eigenvalue weighted by molar-refractivity contribution is 0.174. The van der Waals surface area contributed by atoms with Crippen LogP contribution in [0.2, 0.25) is 0 Å². The Kier molecular flexibility index (Phi) is 6.46. The maximum absolute atomic E-state index is 3.52. The zero-order valence-electron chi connectivity index (χ0n) is 11.7. The van der Waals surface area contributed by atoms with Crippen LogP contribution in [0.15, 0.2) is 0 Å². The number of hydrogen-bond acceptors (Lipinski definition) is 2. The summed E-state index contributed by atoms with van der Waals surface area (Å²) < 4.78 is 0. The van der Waals surface area contributed by atoms with Crippen LogP contribution in [-0.4, -0.2) is 36.6 Å². The Morgan fingerprint density at radius 2 is 1.47 bits per heavy atom. The summed E-state index contributed by atoms with van der Waals surface area (Å²) >= 11 is 0. The molecule has 0 amide bonds. The fraction of sp³-hybridized carbons (Fsp3) is 1.00. The fourth-order valence-electron chi connectivity index (χ4n) is 1.78. The first kappa shape index (κ1) is 14.9. The van der Waals surface area contributed by atoms with Crippen molar-refractivity contribution >= 4 is 0 Å². The maximum atomic E-state index is 3.52. The van der Waals surface area contributed by atoms with Crippen LogP contribution in [0.25, 0.3) is 0 Å². The van der Waals surface area contributed by atoms with E-state index in [9.17, 15) is 0 Å². The number of nitrogens with zero attached hydrogens (tertiary/aromatic N) is 1. The Labute approximate surface area is 96.4 Å². The van der Waals surface area contributed by atoms with Gasteiger partial charge in [-0.1, -0.05) is 20.8 Å². The molecule has 0 aliphatic rings. The first-order chi connectivity index (χ1) is 6.74. The molecule has 0 bridgehead atoms. The molecule has 0 aromatic carbocycles. The van der Waals surface area contributed by atoms with Crippen LogP contribution < -0.4 is 5.32 Å². The standard InChI is InChI=1S/C13H30N2/c1-11(2)15(12(3)4)9-8-14-10-13(5,6)7/h11-12,14H,8-10H2,1-7H3. The average Bonchev–Trinajstić information content (AvgIpc) is 2.00. The minimum Gasteiger partial charge on any atom is -0.315 e. The second kappa shape index (κ2) is 6.49. The Balaban J connectivity index is 3.73. The molecule has 0 aromatic rings. The van der Waals surface area contributed by atoms with Gasteiger partial charge < -0.3 is 5.32 Å². The van der Waals surface area contributed by atoms with Crippen LogP contribution in [0.4, 0.5) is 0 Å².